The van der Waals surface area contributed by atoms with Gasteiger partial charge >= 0.3 is 0 Å². The third-order valence-electron chi connectivity index (χ3n) is 9.05. The molecule has 196 valence electrons. The largest absolute Gasteiger partial charge is 0.395 e. The first-order valence-corrected chi connectivity index (χ1v) is 14.6. The molecule has 6 rings (SSSR count). The van der Waals surface area contributed by atoms with Crippen molar-refractivity contribution in [1.29, 1.82) is 0 Å². The Bertz CT molecular complexity index is 1210. The Kier molecular flexibility index (Phi) is 6.35. The first-order chi connectivity index (χ1) is 17.9. The molecule has 4 aliphatic rings. The molecule has 7 nitrogen and oxygen atoms in total. The second-order valence-electron chi connectivity index (χ2n) is 11.2. The number of carbonyl (C=O) groups is 2. The van der Waals surface area contributed by atoms with E-state index in [1.165, 1.54) is 37.6 Å². The Hall–Kier alpha value is -2.71. The molecule has 0 atom stereocenters. The number of hydrogen-bond acceptors (Lipinski definition) is 6. The first kappa shape index (κ1) is 24.6. The summed E-state index contributed by atoms with van der Waals surface area (Å²) >= 11 is 1.46. The predicted octanol–water partition coefficient (Wildman–Crippen LogP) is 5.16. The highest BCUT2D eigenvalue weighted by Crippen LogP contribution is 2.54. The average molecular weight is 521 g/mol. The lowest BCUT2D eigenvalue weighted by Gasteiger charge is -2.35. The molecule has 2 amide bonds. The van der Waals surface area contributed by atoms with E-state index >= 15 is 0 Å². The molecule has 0 bridgehead atoms. The monoisotopic (exact) mass is 520 g/mol. The molecule has 2 aromatic carbocycles. The maximum Gasteiger partial charge on any atom is 0.257 e. The second-order valence-corrected chi connectivity index (χ2v) is 12.1. The molecule has 0 unspecified atom stereocenters. The number of benzene rings is 2. The van der Waals surface area contributed by atoms with Crippen LogP contribution in [0.25, 0.3) is 0 Å². The number of aliphatic hydroxyl groups is 1. The Balaban J connectivity index is 1.27. The van der Waals surface area contributed by atoms with Gasteiger partial charge in [-0.05, 0) is 85.9 Å². The summed E-state index contributed by atoms with van der Waals surface area (Å²) in [4.78, 5) is 30.9. The van der Waals surface area contributed by atoms with E-state index in [2.05, 4.69) is 21.0 Å². The van der Waals surface area contributed by atoms with Crippen LogP contribution in [0.15, 0.2) is 36.4 Å². The minimum Gasteiger partial charge on any atom is -0.395 e. The van der Waals surface area contributed by atoms with Gasteiger partial charge in [-0.2, -0.15) is 0 Å². The van der Waals surface area contributed by atoms with Crippen LogP contribution in [0.5, 0.6) is 0 Å². The van der Waals surface area contributed by atoms with Gasteiger partial charge in [0.2, 0.25) is 5.91 Å². The average Bonchev–Trinajstić information content (AvgIpc) is 3.40. The van der Waals surface area contributed by atoms with Gasteiger partial charge in [0.1, 0.15) is 0 Å². The maximum atomic E-state index is 13.7. The third kappa shape index (κ3) is 4.38. The van der Waals surface area contributed by atoms with E-state index in [9.17, 15) is 9.59 Å². The van der Waals surface area contributed by atoms with Gasteiger partial charge in [0.15, 0.2) is 0 Å². The van der Waals surface area contributed by atoms with Crippen LogP contribution in [-0.4, -0.2) is 49.4 Å². The summed E-state index contributed by atoms with van der Waals surface area (Å²) in [5, 5.41) is 12.3. The number of carbonyl (C=O) groups excluding carboxylic acids is 2. The number of piperidine rings is 1. The van der Waals surface area contributed by atoms with Crippen LogP contribution in [0.2, 0.25) is 0 Å². The Morgan fingerprint density at radius 1 is 0.973 bits per heavy atom. The fourth-order valence-electron chi connectivity index (χ4n) is 6.62. The Labute approximate surface area is 223 Å². The molecule has 3 N–H and O–H groups in total. The zero-order chi connectivity index (χ0) is 25.6. The zero-order valence-electron chi connectivity index (χ0n) is 21.5. The minimum absolute atomic E-state index is 0.114. The lowest BCUT2D eigenvalue weighted by Crippen LogP contribution is -2.36. The van der Waals surface area contributed by atoms with Gasteiger partial charge in [-0.3, -0.25) is 9.59 Å². The fourth-order valence-corrected chi connectivity index (χ4v) is 7.11. The second kappa shape index (κ2) is 9.55. The van der Waals surface area contributed by atoms with Gasteiger partial charge in [0.05, 0.1) is 23.3 Å². The van der Waals surface area contributed by atoms with Crippen molar-refractivity contribution >= 4 is 46.5 Å². The first-order valence-electron chi connectivity index (χ1n) is 13.6. The van der Waals surface area contributed by atoms with E-state index in [-0.39, 0.29) is 18.4 Å². The normalized spacial score (nSPS) is 21.0. The molecule has 2 heterocycles. The predicted molar refractivity (Wildman–Crippen MR) is 151 cm³/mol. The molecule has 1 saturated heterocycles. The highest BCUT2D eigenvalue weighted by Gasteiger charge is 2.51. The SMILES string of the molecule is CN1C(=O)C2(CCCC2)c2cc(NC(=O)c3ccc(NSCCO)cc3N3CCC4(CC3)CC4)ccc21. The summed E-state index contributed by atoms with van der Waals surface area (Å²) in [5.74, 6) is 0.655. The van der Waals surface area contributed by atoms with E-state index in [4.69, 9.17) is 5.11 Å². The summed E-state index contributed by atoms with van der Waals surface area (Å²) in [6, 6.07) is 11.8. The molecule has 3 fully saturated rings. The topological polar surface area (TPSA) is 84.9 Å². The molecule has 37 heavy (non-hydrogen) atoms. The molecule has 2 aliphatic carbocycles. The molecule has 0 aromatic heterocycles. The molecule has 2 saturated carbocycles. The van der Waals surface area contributed by atoms with Crippen molar-refractivity contribution in [3.63, 3.8) is 0 Å². The summed E-state index contributed by atoms with van der Waals surface area (Å²) in [6.45, 7) is 2.04. The summed E-state index contributed by atoms with van der Waals surface area (Å²) in [7, 11) is 1.86. The number of fused-ring (bicyclic) bond motifs is 2. The number of aliphatic hydroxyl groups excluding tert-OH is 1. The van der Waals surface area contributed by atoms with E-state index < -0.39 is 5.41 Å². The quantitative estimate of drug-likeness (QED) is 0.346. The third-order valence-corrected chi connectivity index (χ3v) is 9.82. The van der Waals surface area contributed by atoms with Crippen LogP contribution in [0.3, 0.4) is 0 Å². The van der Waals surface area contributed by atoms with Gasteiger partial charge in [0, 0.05) is 43.0 Å². The molecule has 0 radical (unpaired) electrons. The molecule has 2 spiro atoms. The van der Waals surface area contributed by atoms with Crippen LogP contribution >= 0.6 is 11.9 Å². The van der Waals surface area contributed by atoms with Gasteiger partial charge in [-0.1, -0.05) is 24.8 Å². The van der Waals surface area contributed by atoms with Crippen molar-refractivity contribution < 1.29 is 14.7 Å². The number of hydrogen-bond donors (Lipinski definition) is 3. The standard InChI is InChI=1S/C29H36N4O3S/c1-32-24-7-5-20(18-23(24)29(27(32)36)8-2-3-9-29)30-26(35)22-6-4-21(31-37-17-16-34)19-25(22)33-14-12-28(10-11-28)13-15-33/h4-7,18-19,31,34H,2-3,8-17H2,1H3,(H,30,35). The number of nitrogens with zero attached hydrogens (tertiary/aromatic N) is 2. The van der Waals surface area contributed by atoms with Crippen molar-refractivity contribution in [2.45, 2.75) is 56.8 Å². The van der Waals surface area contributed by atoms with Crippen molar-refractivity contribution in [2.75, 3.05) is 52.3 Å². The highest BCUT2D eigenvalue weighted by atomic mass is 32.2. The smallest absolute Gasteiger partial charge is 0.257 e. The van der Waals surface area contributed by atoms with Gasteiger partial charge in [0.25, 0.3) is 5.91 Å². The molecule has 8 heteroatoms. The van der Waals surface area contributed by atoms with E-state index in [0.717, 1.165) is 67.1 Å². The van der Waals surface area contributed by atoms with Crippen molar-refractivity contribution in [3.8, 4) is 0 Å². The number of nitrogens with one attached hydrogen (secondary N) is 2. The van der Waals surface area contributed by atoms with Crippen LogP contribution in [-0.2, 0) is 10.2 Å². The minimum atomic E-state index is -0.428. The lowest BCUT2D eigenvalue weighted by atomic mass is 9.80. The van der Waals surface area contributed by atoms with Crippen molar-refractivity contribution in [2.24, 2.45) is 5.41 Å². The molecule has 2 aromatic rings. The number of anilines is 4. The van der Waals surface area contributed by atoms with Crippen molar-refractivity contribution in [3.05, 3.63) is 47.5 Å². The van der Waals surface area contributed by atoms with Gasteiger partial charge in [-0.15, -0.1) is 0 Å². The maximum absolute atomic E-state index is 13.7. The molecular formula is C29H36N4O3S. The van der Waals surface area contributed by atoms with E-state index in [1.807, 2.05) is 37.4 Å². The lowest BCUT2D eigenvalue weighted by molar-refractivity contribution is -0.122. The van der Waals surface area contributed by atoms with Gasteiger partial charge in [-0.25, -0.2) is 0 Å². The fraction of sp³-hybridized carbons (Fsp3) is 0.517. The van der Waals surface area contributed by atoms with Crippen LogP contribution in [0, 0.1) is 5.41 Å². The number of likely N-dealkylation sites (N-methyl/N-ethyl adjacent to an activating group) is 1. The molecular weight excluding hydrogens is 484 g/mol. The zero-order valence-corrected chi connectivity index (χ0v) is 22.3. The Morgan fingerprint density at radius 3 is 2.41 bits per heavy atom. The summed E-state index contributed by atoms with van der Waals surface area (Å²) in [5.41, 5.74) is 5.42. The van der Waals surface area contributed by atoms with E-state index in [1.54, 1.807) is 4.90 Å². The van der Waals surface area contributed by atoms with E-state index in [0.29, 0.717) is 16.7 Å². The number of rotatable bonds is 7. The van der Waals surface area contributed by atoms with Crippen molar-refractivity contribution in [1.82, 2.24) is 0 Å². The highest BCUT2D eigenvalue weighted by molar-refractivity contribution is 8.00. The van der Waals surface area contributed by atoms with Crippen LogP contribution in [0.4, 0.5) is 22.7 Å². The Morgan fingerprint density at radius 2 is 1.70 bits per heavy atom. The summed E-state index contributed by atoms with van der Waals surface area (Å²) < 4.78 is 3.30. The summed E-state index contributed by atoms with van der Waals surface area (Å²) in [6.07, 6.45) is 8.92. The van der Waals surface area contributed by atoms with Crippen LogP contribution in [0.1, 0.15) is 67.3 Å². The number of amides is 2. The van der Waals surface area contributed by atoms with Crippen LogP contribution < -0.4 is 19.8 Å². The molecule has 2 aliphatic heterocycles. The van der Waals surface area contributed by atoms with Gasteiger partial charge < -0.3 is 24.9 Å².